The van der Waals surface area contributed by atoms with Crippen molar-refractivity contribution in [2.45, 2.75) is 25.7 Å². The molecule has 0 bridgehead atoms. The third kappa shape index (κ3) is 2.78. The van der Waals surface area contributed by atoms with Gasteiger partial charge in [0, 0.05) is 20.8 Å². The predicted octanol–water partition coefficient (Wildman–Crippen LogP) is 5.08. The molecule has 4 heteroatoms. The molecule has 3 rings (SSSR count). The van der Waals surface area contributed by atoms with Crippen molar-refractivity contribution in [1.82, 2.24) is 0 Å². The monoisotopic (exact) mass is 354 g/mol. The zero-order chi connectivity index (χ0) is 13.4. The molecule has 0 N–H and O–H groups in total. The molecule has 1 heterocycles. The molecule has 0 saturated carbocycles. The van der Waals surface area contributed by atoms with Gasteiger partial charge in [-0.05, 0) is 48.6 Å². The highest BCUT2D eigenvalue weighted by atomic mass is 79.9. The van der Waals surface area contributed by atoms with Crippen molar-refractivity contribution in [3.63, 3.8) is 0 Å². The quantitative estimate of drug-likeness (QED) is 0.702. The summed E-state index contributed by atoms with van der Waals surface area (Å²) in [5.74, 6) is 0.170. The lowest BCUT2D eigenvalue weighted by Gasteiger charge is -2.03. The normalized spacial score (nSPS) is 13.6. The van der Waals surface area contributed by atoms with Gasteiger partial charge >= 0.3 is 0 Å². The first kappa shape index (κ1) is 13.3. The largest absolute Gasteiger partial charge is 0.293 e. The topological polar surface area (TPSA) is 17.1 Å². The van der Waals surface area contributed by atoms with E-state index in [0.717, 1.165) is 27.8 Å². The number of ketones is 1. The summed E-state index contributed by atoms with van der Waals surface area (Å²) in [4.78, 5) is 14.6. The van der Waals surface area contributed by atoms with Crippen LogP contribution in [0.1, 0.15) is 32.1 Å². The zero-order valence-electron chi connectivity index (χ0n) is 10.2. The number of carbonyl (C=O) groups excluding carboxylic acids is 1. The van der Waals surface area contributed by atoms with Gasteiger partial charge in [-0.2, -0.15) is 0 Å². The summed E-state index contributed by atoms with van der Waals surface area (Å²) in [5, 5.41) is 0.645. The molecule has 1 aliphatic carbocycles. The van der Waals surface area contributed by atoms with Gasteiger partial charge in [-0.3, -0.25) is 4.79 Å². The van der Waals surface area contributed by atoms with Crippen LogP contribution in [0.15, 0.2) is 28.7 Å². The van der Waals surface area contributed by atoms with E-state index in [1.54, 1.807) is 11.3 Å². The van der Waals surface area contributed by atoms with Crippen LogP contribution >= 0.6 is 38.9 Å². The van der Waals surface area contributed by atoms with Crippen molar-refractivity contribution in [2.24, 2.45) is 0 Å². The molecule has 1 aromatic carbocycles. The maximum atomic E-state index is 12.3. The van der Waals surface area contributed by atoms with Gasteiger partial charge in [0.1, 0.15) is 0 Å². The standard InChI is InChI=1S/C15H12BrClOS/c16-11-5-4-9(12(17)8-11)6-13(18)15-7-10-2-1-3-14(10)19-15/h4-5,7-8H,1-3,6H2. The number of thiophene rings is 1. The van der Waals surface area contributed by atoms with Gasteiger partial charge in [-0.1, -0.05) is 33.6 Å². The predicted molar refractivity (Wildman–Crippen MR) is 83.5 cm³/mol. The number of carbonyl (C=O) groups is 1. The number of fused-ring (bicyclic) bond motifs is 1. The number of rotatable bonds is 3. The van der Waals surface area contributed by atoms with Crippen molar-refractivity contribution >= 4 is 44.7 Å². The van der Waals surface area contributed by atoms with Crippen LogP contribution in [-0.4, -0.2) is 5.78 Å². The number of Topliss-reactive ketones (excluding diaryl/α,β-unsaturated/α-hetero) is 1. The molecule has 0 spiro atoms. The minimum Gasteiger partial charge on any atom is -0.293 e. The molecule has 0 atom stereocenters. The summed E-state index contributed by atoms with van der Waals surface area (Å²) in [6.45, 7) is 0. The Morgan fingerprint density at radius 2 is 2.16 bits per heavy atom. The highest BCUT2D eigenvalue weighted by Crippen LogP contribution is 2.32. The Bertz CT molecular complexity index is 626. The molecule has 1 aliphatic rings. The molecule has 0 saturated heterocycles. The minimum atomic E-state index is 0.170. The van der Waals surface area contributed by atoms with E-state index >= 15 is 0 Å². The second-order valence-corrected chi connectivity index (χ2v) is 7.21. The Labute approximate surface area is 129 Å². The van der Waals surface area contributed by atoms with E-state index in [9.17, 15) is 4.79 Å². The van der Waals surface area contributed by atoms with Crippen LogP contribution in [-0.2, 0) is 19.3 Å². The fourth-order valence-electron chi connectivity index (χ4n) is 2.39. The summed E-state index contributed by atoms with van der Waals surface area (Å²) < 4.78 is 0.934. The summed E-state index contributed by atoms with van der Waals surface area (Å²) >= 11 is 11.2. The average Bonchev–Trinajstić information content (AvgIpc) is 2.93. The molecular formula is C15H12BrClOS. The van der Waals surface area contributed by atoms with E-state index in [1.165, 1.54) is 16.9 Å². The van der Waals surface area contributed by atoms with E-state index in [0.29, 0.717) is 11.4 Å². The lowest BCUT2D eigenvalue weighted by Crippen LogP contribution is -2.02. The van der Waals surface area contributed by atoms with Crippen molar-refractivity contribution < 1.29 is 4.79 Å². The SMILES string of the molecule is O=C(Cc1ccc(Br)cc1Cl)c1cc2c(s1)CCC2. The number of halogens is 2. The molecule has 98 valence electrons. The van der Waals surface area contributed by atoms with Crippen LogP contribution in [0.3, 0.4) is 0 Å². The highest BCUT2D eigenvalue weighted by Gasteiger charge is 2.19. The molecule has 0 fully saturated rings. The number of hydrogen-bond donors (Lipinski definition) is 0. The first-order valence-corrected chi connectivity index (χ1v) is 8.21. The van der Waals surface area contributed by atoms with Crippen molar-refractivity contribution in [1.29, 1.82) is 0 Å². The van der Waals surface area contributed by atoms with E-state index in [-0.39, 0.29) is 5.78 Å². The molecule has 19 heavy (non-hydrogen) atoms. The Morgan fingerprint density at radius 3 is 2.89 bits per heavy atom. The smallest absolute Gasteiger partial charge is 0.177 e. The molecule has 1 nitrogen and oxygen atoms in total. The van der Waals surface area contributed by atoms with Crippen LogP contribution in [0.2, 0.25) is 5.02 Å². The van der Waals surface area contributed by atoms with Gasteiger partial charge < -0.3 is 0 Å². The van der Waals surface area contributed by atoms with Crippen molar-refractivity contribution in [3.05, 3.63) is 54.6 Å². The van der Waals surface area contributed by atoms with Gasteiger partial charge in [0.2, 0.25) is 0 Å². The maximum absolute atomic E-state index is 12.3. The van der Waals surface area contributed by atoms with Gasteiger partial charge in [-0.25, -0.2) is 0 Å². The van der Waals surface area contributed by atoms with E-state index in [4.69, 9.17) is 11.6 Å². The maximum Gasteiger partial charge on any atom is 0.177 e. The summed E-state index contributed by atoms with van der Waals surface area (Å²) in [6, 6.07) is 7.73. The molecule has 0 radical (unpaired) electrons. The molecule has 0 unspecified atom stereocenters. The molecule has 2 aromatic rings. The molecule has 1 aromatic heterocycles. The van der Waals surface area contributed by atoms with E-state index in [2.05, 4.69) is 22.0 Å². The average molecular weight is 356 g/mol. The van der Waals surface area contributed by atoms with Gasteiger partial charge in [0.05, 0.1) is 4.88 Å². The third-order valence-corrected chi connectivity index (χ3v) is 5.51. The molecular weight excluding hydrogens is 344 g/mol. The van der Waals surface area contributed by atoms with Crippen LogP contribution in [0.5, 0.6) is 0 Å². The second-order valence-electron chi connectivity index (χ2n) is 4.75. The Hall–Kier alpha value is -0.640. The molecule has 0 amide bonds. The highest BCUT2D eigenvalue weighted by molar-refractivity contribution is 9.10. The summed E-state index contributed by atoms with van der Waals surface area (Å²) in [6.07, 6.45) is 3.87. The fourth-order valence-corrected chi connectivity index (χ4v) is 4.32. The van der Waals surface area contributed by atoms with Crippen LogP contribution in [0.25, 0.3) is 0 Å². The summed E-state index contributed by atoms with van der Waals surface area (Å²) in [5.41, 5.74) is 2.26. The van der Waals surface area contributed by atoms with Crippen LogP contribution in [0, 0.1) is 0 Å². The van der Waals surface area contributed by atoms with E-state index in [1.807, 2.05) is 18.2 Å². The Morgan fingerprint density at radius 1 is 1.32 bits per heavy atom. The lowest BCUT2D eigenvalue weighted by atomic mass is 10.1. The van der Waals surface area contributed by atoms with Crippen molar-refractivity contribution in [3.8, 4) is 0 Å². The molecule has 0 aliphatic heterocycles. The Kier molecular flexibility index (Phi) is 3.79. The Balaban J connectivity index is 1.80. The van der Waals surface area contributed by atoms with Gasteiger partial charge in [0.15, 0.2) is 5.78 Å². The van der Waals surface area contributed by atoms with Crippen LogP contribution < -0.4 is 0 Å². The third-order valence-electron chi connectivity index (χ3n) is 3.39. The number of hydrogen-bond acceptors (Lipinski definition) is 2. The lowest BCUT2D eigenvalue weighted by molar-refractivity contribution is 0.0997. The van der Waals surface area contributed by atoms with Gasteiger partial charge in [0.25, 0.3) is 0 Å². The summed E-state index contributed by atoms with van der Waals surface area (Å²) in [7, 11) is 0. The number of benzene rings is 1. The minimum absolute atomic E-state index is 0.170. The number of aryl methyl sites for hydroxylation is 2. The van der Waals surface area contributed by atoms with Gasteiger partial charge in [-0.15, -0.1) is 11.3 Å². The first-order valence-electron chi connectivity index (χ1n) is 6.22. The first-order chi connectivity index (χ1) is 9.13. The van der Waals surface area contributed by atoms with E-state index < -0.39 is 0 Å². The van der Waals surface area contributed by atoms with Crippen molar-refractivity contribution in [2.75, 3.05) is 0 Å². The second kappa shape index (κ2) is 5.39. The van der Waals surface area contributed by atoms with Crippen LogP contribution in [0.4, 0.5) is 0 Å². The fraction of sp³-hybridized carbons (Fsp3) is 0.267. The zero-order valence-corrected chi connectivity index (χ0v) is 13.4.